The van der Waals surface area contributed by atoms with Crippen molar-refractivity contribution >= 4 is 5.91 Å². The highest BCUT2D eigenvalue weighted by atomic mass is 16.5. The van der Waals surface area contributed by atoms with E-state index in [0.717, 1.165) is 11.3 Å². The highest BCUT2D eigenvalue weighted by molar-refractivity contribution is 5.76. The van der Waals surface area contributed by atoms with E-state index in [2.05, 4.69) is 10.9 Å². The van der Waals surface area contributed by atoms with Crippen LogP contribution in [0.1, 0.15) is 18.1 Å². The van der Waals surface area contributed by atoms with Crippen molar-refractivity contribution in [2.75, 3.05) is 13.7 Å². The minimum atomic E-state index is -0.0754. The number of aromatic nitrogens is 1. The summed E-state index contributed by atoms with van der Waals surface area (Å²) in [6, 6.07) is 11.1. The SMILES string of the molecule is C#CCN(Cc1ccco1)C(=O)CCc1ncc(-c2ccc(OC)cc2)o1. The van der Waals surface area contributed by atoms with Crippen LogP contribution in [0.3, 0.4) is 0 Å². The van der Waals surface area contributed by atoms with Crippen LogP contribution in [0.15, 0.2) is 57.7 Å². The zero-order valence-corrected chi connectivity index (χ0v) is 15.1. The van der Waals surface area contributed by atoms with Gasteiger partial charge >= 0.3 is 0 Å². The fourth-order valence-corrected chi connectivity index (χ4v) is 2.62. The van der Waals surface area contributed by atoms with Crippen LogP contribution in [0, 0.1) is 12.3 Å². The quantitative estimate of drug-likeness (QED) is 0.572. The summed E-state index contributed by atoms with van der Waals surface area (Å²) in [5, 5.41) is 0. The van der Waals surface area contributed by atoms with Crippen LogP contribution in [-0.2, 0) is 17.8 Å². The molecule has 0 aliphatic heterocycles. The van der Waals surface area contributed by atoms with Crippen LogP contribution < -0.4 is 4.74 Å². The lowest BCUT2D eigenvalue weighted by Crippen LogP contribution is -2.31. The maximum absolute atomic E-state index is 12.5. The lowest BCUT2D eigenvalue weighted by Gasteiger charge is -2.18. The topological polar surface area (TPSA) is 68.7 Å². The molecular weight excluding hydrogens is 344 g/mol. The van der Waals surface area contributed by atoms with E-state index in [-0.39, 0.29) is 18.9 Å². The average Bonchev–Trinajstić information content (AvgIpc) is 3.38. The summed E-state index contributed by atoms with van der Waals surface area (Å²) in [4.78, 5) is 18.3. The van der Waals surface area contributed by atoms with Crippen LogP contribution in [0.2, 0.25) is 0 Å². The number of carbonyl (C=O) groups excluding carboxylic acids is 1. The molecule has 3 aromatic rings. The van der Waals surface area contributed by atoms with Gasteiger partial charge in [-0.15, -0.1) is 6.42 Å². The molecule has 0 bridgehead atoms. The van der Waals surface area contributed by atoms with Gasteiger partial charge in [0.05, 0.1) is 32.7 Å². The Bertz CT molecular complexity index is 905. The number of aryl methyl sites for hydroxylation is 1. The van der Waals surface area contributed by atoms with Gasteiger partial charge in [0.25, 0.3) is 0 Å². The molecule has 1 amide bonds. The van der Waals surface area contributed by atoms with Crippen molar-refractivity contribution in [1.29, 1.82) is 0 Å². The van der Waals surface area contributed by atoms with Gasteiger partial charge in [-0.3, -0.25) is 4.79 Å². The summed E-state index contributed by atoms with van der Waals surface area (Å²) in [7, 11) is 1.62. The number of oxazole rings is 1. The second kappa shape index (κ2) is 8.77. The molecule has 0 saturated carbocycles. The number of hydrogen-bond acceptors (Lipinski definition) is 5. The van der Waals surface area contributed by atoms with Crippen molar-refractivity contribution in [3.05, 3.63) is 60.5 Å². The predicted molar refractivity (Wildman–Crippen MR) is 99.8 cm³/mol. The average molecular weight is 364 g/mol. The number of ether oxygens (including phenoxy) is 1. The van der Waals surface area contributed by atoms with Crippen molar-refractivity contribution in [3.63, 3.8) is 0 Å². The van der Waals surface area contributed by atoms with Crippen molar-refractivity contribution in [2.45, 2.75) is 19.4 Å². The molecule has 0 unspecified atom stereocenters. The number of hydrogen-bond donors (Lipinski definition) is 0. The number of rotatable bonds is 8. The molecule has 1 aromatic carbocycles. The van der Waals surface area contributed by atoms with Gasteiger partial charge in [0.2, 0.25) is 5.91 Å². The Morgan fingerprint density at radius 1 is 1.30 bits per heavy atom. The lowest BCUT2D eigenvalue weighted by molar-refractivity contribution is -0.131. The molecule has 0 radical (unpaired) electrons. The van der Waals surface area contributed by atoms with Crippen molar-refractivity contribution in [2.24, 2.45) is 0 Å². The molecule has 0 atom stereocenters. The molecule has 0 aliphatic rings. The van der Waals surface area contributed by atoms with E-state index in [1.807, 2.05) is 30.3 Å². The van der Waals surface area contributed by atoms with Crippen LogP contribution in [0.25, 0.3) is 11.3 Å². The number of nitrogens with zero attached hydrogens (tertiary/aromatic N) is 2. The highest BCUT2D eigenvalue weighted by Crippen LogP contribution is 2.23. The summed E-state index contributed by atoms with van der Waals surface area (Å²) in [5.41, 5.74) is 0.896. The van der Waals surface area contributed by atoms with Gasteiger partial charge in [-0.25, -0.2) is 4.98 Å². The molecule has 0 aliphatic carbocycles. The highest BCUT2D eigenvalue weighted by Gasteiger charge is 2.16. The first-order valence-electron chi connectivity index (χ1n) is 8.52. The largest absolute Gasteiger partial charge is 0.497 e. The van der Waals surface area contributed by atoms with Crippen molar-refractivity contribution in [3.8, 4) is 29.4 Å². The second-order valence-corrected chi connectivity index (χ2v) is 5.88. The number of carbonyl (C=O) groups is 1. The minimum absolute atomic E-state index is 0.0754. The molecule has 6 nitrogen and oxygen atoms in total. The summed E-state index contributed by atoms with van der Waals surface area (Å²) in [6.07, 6.45) is 9.26. The third-order valence-corrected chi connectivity index (χ3v) is 4.04. The molecule has 0 spiro atoms. The molecule has 2 aromatic heterocycles. The molecule has 3 rings (SSSR count). The molecule has 2 heterocycles. The van der Waals surface area contributed by atoms with Crippen LogP contribution in [-0.4, -0.2) is 29.4 Å². The Labute approximate surface area is 157 Å². The normalized spacial score (nSPS) is 10.4. The zero-order valence-electron chi connectivity index (χ0n) is 15.1. The molecule has 0 saturated heterocycles. The predicted octanol–water partition coefficient (Wildman–Crippen LogP) is 3.54. The van der Waals surface area contributed by atoms with Gasteiger partial charge in [-0.2, -0.15) is 0 Å². The third-order valence-electron chi connectivity index (χ3n) is 4.04. The molecule has 0 fully saturated rings. The van der Waals surface area contributed by atoms with Crippen molar-refractivity contribution in [1.82, 2.24) is 9.88 Å². The fourth-order valence-electron chi connectivity index (χ4n) is 2.62. The molecule has 138 valence electrons. The number of benzene rings is 1. The first-order valence-corrected chi connectivity index (χ1v) is 8.52. The third kappa shape index (κ3) is 4.79. The van der Waals surface area contributed by atoms with Crippen LogP contribution >= 0.6 is 0 Å². The van der Waals surface area contributed by atoms with Crippen LogP contribution in [0.5, 0.6) is 5.75 Å². The minimum Gasteiger partial charge on any atom is -0.497 e. The fraction of sp³-hybridized carbons (Fsp3) is 0.238. The van der Waals surface area contributed by atoms with E-state index in [1.165, 1.54) is 0 Å². The van der Waals surface area contributed by atoms with Gasteiger partial charge in [-0.05, 0) is 36.4 Å². The summed E-state index contributed by atoms with van der Waals surface area (Å²) in [6.45, 7) is 0.570. The first kappa shape index (κ1) is 18.3. The van der Waals surface area contributed by atoms with Gasteiger partial charge < -0.3 is 18.5 Å². The van der Waals surface area contributed by atoms with E-state index in [9.17, 15) is 4.79 Å². The Kier molecular flexibility index (Phi) is 5.95. The van der Waals surface area contributed by atoms with Gasteiger partial charge in [0, 0.05) is 18.4 Å². The Morgan fingerprint density at radius 3 is 2.78 bits per heavy atom. The van der Waals surface area contributed by atoms with Crippen LogP contribution in [0.4, 0.5) is 0 Å². The summed E-state index contributed by atoms with van der Waals surface area (Å²) >= 11 is 0. The van der Waals surface area contributed by atoms with Crippen molar-refractivity contribution < 1.29 is 18.4 Å². The van der Waals surface area contributed by atoms with E-state index in [1.54, 1.807) is 30.5 Å². The Morgan fingerprint density at radius 2 is 2.11 bits per heavy atom. The van der Waals surface area contributed by atoms with Gasteiger partial charge in [-0.1, -0.05) is 5.92 Å². The lowest BCUT2D eigenvalue weighted by atomic mass is 10.2. The maximum atomic E-state index is 12.5. The number of methoxy groups -OCH3 is 1. The maximum Gasteiger partial charge on any atom is 0.224 e. The molecule has 27 heavy (non-hydrogen) atoms. The smallest absolute Gasteiger partial charge is 0.224 e. The van der Waals surface area contributed by atoms with Gasteiger partial charge in [0.15, 0.2) is 11.7 Å². The zero-order chi connectivity index (χ0) is 19.1. The number of furan rings is 1. The van der Waals surface area contributed by atoms with E-state index in [0.29, 0.717) is 30.4 Å². The first-order chi connectivity index (χ1) is 13.2. The van der Waals surface area contributed by atoms with Gasteiger partial charge in [0.1, 0.15) is 11.5 Å². The molecule has 6 heteroatoms. The monoisotopic (exact) mass is 364 g/mol. The number of amides is 1. The molecule has 0 N–H and O–H groups in total. The summed E-state index contributed by atoms with van der Waals surface area (Å²) in [5.74, 6) is 5.05. The van der Waals surface area contributed by atoms with E-state index < -0.39 is 0 Å². The summed E-state index contributed by atoms with van der Waals surface area (Å²) < 4.78 is 16.2. The molecular formula is C21H20N2O4. The Hall–Kier alpha value is -3.46. The standard InChI is InChI=1S/C21H20N2O4/c1-3-12-23(15-18-5-4-13-26-18)21(24)11-10-20-22-14-19(27-20)16-6-8-17(25-2)9-7-16/h1,4-9,13-14H,10-12,15H2,2H3. The number of terminal acetylenes is 1. The Balaban J connectivity index is 1.59. The second-order valence-electron chi connectivity index (χ2n) is 5.88. The van der Waals surface area contributed by atoms with E-state index in [4.69, 9.17) is 20.0 Å². The van der Waals surface area contributed by atoms with E-state index >= 15 is 0 Å².